The van der Waals surface area contributed by atoms with Crippen molar-refractivity contribution < 1.29 is 17.9 Å². The normalized spacial score (nSPS) is 11.1. The van der Waals surface area contributed by atoms with E-state index in [0.717, 1.165) is 10.4 Å². The first-order valence-corrected chi connectivity index (χ1v) is 5.80. The monoisotopic (exact) mass is 263 g/mol. The molecule has 0 saturated carbocycles. The van der Waals surface area contributed by atoms with Crippen LogP contribution in [-0.4, -0.2) is 19.3 Å². The van der Waals surface area contributed by atoms with Crippen LogP contribution in [0.1, 0.15) is 16.9 Å². The fraction of sp³-hybridized carbons (Fsp3) is 0.455. The summed E-state index contributed by atoms with van der Waals surface area (Å²) in [5.41, 5.74) is 6.04. The van der Waals surface area contributed by atoms with Crippen molar-refractivity contribution in [2.75, 3.05) is 13.2 Å². The summed E-state index contributed by atoms with van der Waals surface area (Å²) in [6.07, 6.45) is -5.08. The predicted molar refractivity (Wildman–Crippen MR) is 60.6 cm³/mol. The molecule has 0 aliphatic carbocycles. The standard InChI is InChI=1S/C11H12F3NOS/c12-11(13,14)3-5-16-7-10-6-9(8-17-10)2-1-4-15/h6,8H,3-5,7,15H2. The number of nitrogens with two attached hydrogens (primary N) is 1. The summed E-state index contributed by atoms with van der Waals surface area (Å²) in [4.78, 5) is 0.855. The molecule has 0 radical (unpaired) electrons. The van der Waals surface area contributed by atoms with E-state index in [9.17, 15) is 13.2 Å². The first-order chi connectivity index (χ1) is 8.01. The quantitative estimate of drug-likeness (QED) is 0.669. The van der Waals surface area contributed by atoms with E-state index in [1.54, 1.807) is 6.07 Å². The van der Waals surface area contributed by atoms with Gasteiger partial charge in [-0.25, -0.2) is 0 Å². The van der Waals surface area contributed by atoms with Crippen molar-refractivity contribution in [1.29, 1.82) is 0 Å². The van der Waals surface area contributed by atoms with Gasteiger partial charge < -0.3 is 10.5 Å². The van der Waals surface area contributed by atoms with Crippen molar-refractivity contribution in [1.82, 2.24) is 0 Å². The van der Waals surface area contributed by atoms with E-state index in [1.807, 2.05) is 5.38 Å². The van der Waals surface area contributed by atoms with Crippen molar-refractivity contribution in [2.24, 2.45) is 5.73 Å². The highest BCUT2D eigenvalue weighted by molar-refractivity contribution is 7.10. The second-order valence-corrected chi connectivity index (χ2v) is 4.22. The fourth-order valence-electron chi connectivity index (χ4n) is 1.04. The number of alkyl halides is 3. The van der Waals surface area contributed by atoms with Gasteiger partial charge in [0, 0.05) is 15.8 Å². The number of thiophene rings is 1. The molecule has 17 heavy (non-hydrogen) atoms. The average Bonchev–Trinajstić information content (AvgIpc) is 2.68. The van der Waals surface area contributed by atoms with Gasteiger partial charge in [-0.2, -0.15) is 13.2 Å². The average molecular weight is 263 g/mol. The topological polar surface area (TPSA) is 35.2 Å². The molecule has 1 rings (SSSR count). The van der Waals surface area contributed by atoms with Gasteiger partial charge in [-0.05, 0) is 6.07 Å². The van der Waals surface area contributed by atoms with Crippen LogP contribution < -0.4 is 5.73 Å². The number of hydrogen-bond donors (Lipinski definition) is 1. The van der Waals surface area contributed by atoms with Crippen LogP contribution in [0.3, 0.4) is 0 Å². The highest BCUT2D eigenvalue weighted by Crippen LogP contribution is 2.20. The highest BCUT2D eigenvalue weighted by atomic mass is 32.1. The zero-order chi connectivity index (χ0) is 12.7. The molecule has 2 N–H and O–H groups in total. The third-order valence-electron chi connectivity index (χ3n) is 1.76. The van der Waals surface area contributed by atoms with Gasteiger partial charge >= 0.3 is 6.18 Å². The summed E-state index contributed by atoms with van der Waals surface area (Å²) in [6, 6.07) is 1.79. The molecule has 0 fully saturated rings. The van der Waals surface area contributed by atoms with Gasteiger partial charge in [-0.3, -0.25) is 0 Å². The van der Waals surface area contributed by atoms with Gasteiger partial charge in [0.05, 0.1) is 26.2 Å². The number of rotatable bonds is 4. The molecule has 0 aromatic carbocycles. The molecule has 0 spiro atoms. The van der Waals surface area contributed by atoms with Gasteiger partial charge in [-0.1, -0.05) is 11.8 Å². The predicted octanol–water partition coefficient (Wildman–Crippen LogP) is 2.53. The van der Waals surface area contributed by atoms with E-state index in [0.29, 0.717) is 0 Å². The Labute approximate surface area is 102 Å². The van der Waals surface area contributed by atoms with Crippen LogP contribution in [0.15, 0.2) is 11.4 Å². The van der Waals surface area contributed by atoms with E-state index in [1.165, 1.54) is 11.3 Å². The van der Waals surface area contributed by atoms with E-state index in [2.05, 4.69) is 11.8 Å². The molecular formula is C11H12F3NOS. The van der Waals surface area contributed by atoms with Gasteiger partial charge in [-0.15, -0.1) is 11.3 Å². The van der Waals surface area contributed by atoms with Gasteiger partial charge in [0.15, 0.2) is 0 Å². The third kappa shape index (κ3) is 6.31. The van der Waals surface area contributed by atoms with Crippen LogP contribution in [0.5, 0.6) is 0 Å². The SMILES string of the molecule is NCC#Cc1csc(COCCC(F)(F)F)c1. The summed E-state index contributed by atoms with van der Waals surface area (Å²) >= 11 is 1.41. The molecule has 0 aliphatic heterocycles. The van der Waals surface area contributed by atoms with Crippen molar-refractivity contribution in [3.63, 3.8) is 0 Å². The number of ether oxygens (including phenoxy) is 1. The lowest BCUT2D eigenvalue weighted by atomic mass is 10.3. The molecule has 1 aromatic heterocycles. The minimum Gasteiger partial charge on any atom is -0.376 e. The van der Waals surface area contributed by atoms with E-state index in [-0.39, 0.29) is 19.8 Å². The van der Waals surface area contributed by atoms with Crippen molar-refractivity contribution >= 4 is 11.3 Å². The van der Waals surface area contributed by atoms with E-state index >= 15 is 0 Å². The van der Waals surface area contributed by atoms with Crippen LogP contribution in [-0.2, 0) is 11.3 Å². The molecule has 6 heteroatoms. The van der Waals surface area contributed by atoms with Gasteiger partial charge in [0.25, 0.3) is 0 Å². The fourth-order valence-corrected chi connectivity index (χ4v) is 1.79. The van der Waals surface area contributed by atoms with Gasteiger partial charge in [0.2, 0.25) is 0 Å². The maximum absolute atomic E-state index is 11.8. The van der Waals surface area contributed by atoms with Gasteiger partial charge in [0.1, 0.15) is 0 Å². The molecule has 0 unspecified atom stereocenters. The number of halogens is 3. The largest absolute Gasteiger partial charge is 0.391 e. The smallest absolute Gasteiger partial charge is 0.376 e. The zero-order valence-corrected chi connectivity index (χ0v) is 9.83. The molecule has 0 saturated heterocycles. The minimum absolute atomic E-state index is 0.186. The lowest BCUT2D eigenvalue weighted by Crippen LogP contribution is -2.11. The lowest BCUT2D eigenvalue weighted by Gasteiger charge is -2.05. The Morgan fingerprint density at radius 3 is 2.82 bits per heavy atom. The summed E-state index contributed by atoms with van der Waals surface area (Å²) in [5, 5.41) is 1.82. The molecule has 1 heterocycles. The summed E-state index contributed by atoms with van der Waals surface area (Å²) in [7, 11) is 0. The van der Waals surface area contributed by atoms with Crippen LogP contribution >= 0.6 is 11.3 Å². The van der Waals surface area contributed by atoms with Crippen molar-refractivity contribution in [2.45, 2.75) is 19.2 Å². The molecule has 0 atom stereocenters. The number of hydrogen-bond acceptors (Lipinski definition) is 3. The first-order valence-electron chi connectivity index (χ1n) is 4.92. The van der Waals surface area contributed by atoms with Crippen LogP contribution in [0.25, 0.3) is 0 Å². The molecule has 0 bridgehead atoms. The van der Waals surface area contributed by atoms with Crippen molar-refractivity contribution in [3.05, 3.63) is 21.9 Å². The van der Waals surface area contributed by atoms with Crippen LogP contribution in [0.4, 0.5) is 13.2 Å². The van der Waals surface area contributed by atoms with E-state index < -0.39 is 12.6 Å². The summed E-state index contributed by atoms with van der Waals surface area (Å²) < 4.78 is 40.4. The van der Waals surface area contributed by atoms with Crippen LogP contribution in [0, 0.1) is 11.8 Å². The molecule has 0 amide bonds. The second kappa shape index (κ2) is 6.64. The maximum Gasteiger partial charge on any atom is 0.391 e. The van der Waals surface area contributed by atoms with Crippen molar-refractivity contribution in [3.8, 4) is 11.8 Å². The Kier molecular flexibility index (Phi) is 5.48. The maximum atomic E-state index is 11.8. The Morgan fingerprint density at radius 1 is 1.41 bits per heavy atom. The Hall–Kier alpha value is -1.03. The molecule has 94 valence electrons. The summed E-state index contributed by atoms with van der Waals surface area (Å²) in [6.45, 7) is 0.156. The first kappa shape index (κ1) is 14.0. The molecule has 0 aliphatic rings. The van der Waals surface area contributed by atoms with Crippen LogP contribution in [0.2, 0.25) is 0 Å². The second-order valence-electron chi connectivity index (χ2n) is 3.23. The lowest BCUT2D eigenvalue weighted by molar-refractivity contribution is -0.145. The highest BCUT2D eigenvalue weighted by Gasteiger charge is 2.26. The Balaban J connectivity index is 2.30. The molecular weight excluding hydrogens is 251 g/mol. The minimum atomic E-state index is -4.16. The summed E-state index contributed by atoms with van der Waals surface area (Å²) in [5.74, 6) is 5.54. The third-order valence-corrected chi connectivity index (χ3v) is 2.67. The zero-order valence-electron chi connectivity index (χ0n) is 9.01. The Morgan fingerprint density at radius 2 is 2.18 bits per heavy atom. The molecule has 2 nitrogen and oxygen atoms in total. The Bertz CT molecular complexity index is 403. The van der Waals surface area contributed by atoms with E-state index in [4.69, 9.17) is 10.5 Å². The molecule has 1 aromatic rings.